The van der Waals surface area contributed by atoms with Gasteiger partial charge < -0.3 is 4.90 Å². The minimum atomic E-state index is 0.406. The molecule has 1 aliphatic carbocycles. The van der Waals surface area contributed by atoms with Crippen LogP contribution in [0.15, 0.2) is 0 Å². The van der Waals surface area contributed by atoms with Crippen LogP contribution >= 0.6 is 0 Å². The molecular weight excluding hydrogens is 174 g/mol. The summed E-state index contributed by atoms with van der Waals surface area (Å²) in [6.07, 6.45) is 7.08. The molecule has 2 fully saturated rings. The van der Waals surface area contributed by atoms with Gasteiger partial charge in [-0.15, -0.1) is 0 Å². The second kappa shape index (κ2) is 4.33. The lowest BCUT2D eigenvalue weighted by molar-refractivity contribution is -0.133. The first-order valence-electron chi connectivity index (χ1n) is 6.07. The molecule has 2 bridgehead atoms. The van der Waals surface area contributed by atoms with E-state index in [0.29, 0.717) is 5.91 Å². The number of fused-ring (bicyclic) bond motifs is 2. The van der Waals surface area contributed by atoms with Gasteiger partial charge >= 0.3 is 0 Å². The fourth-order valence-electron chi connectivity index (χ4n) is 2.90. The zero-order valence-corrected chi connectivity index (χ0v) is 9.17. The Hall–Kier alpha value is -0.530. The highest BCUT2D eigenvalue weighted by atomic mass is 16.2. The molecule has 1 aliphatic heterocycles. The van der Waals surface area contributed by atoms with E-state index in [1.54, 1.807) is 0 Å². The number of likely N-dealkylation sites (tertiary alicyclic amines) is 1. The van der Waals surface area contributed by atoms with Gasteiger partial charge in [0.2, 0.25) is 5.91 Å². The SMILES string of the molecule is CCCCC(=O)N1C[C@@H]2CC[C@@H](C2)C1. The van der Waals surface area contributed by atoms with E-state index in [1.807, 2.05) is 0 Å². The van der Waals surface area contributed by atoms with E-state index in [4.69, 9.17) is 0 Å². The normalized spacial score (nSPS) is 30.8. The van der Waals surface area contributed by atoms with Gasteiger partial charge in [0, 0.05) is 19.5 Å². The van der Waals surface area contributed by atoms with Crippen LogP contribution in [0.5, 0.6) is 0 Å². The van der Waals surface area contributed by atoms with Crippen LogP contribution in [-0.2, 0) is 4.79 Å². The maximum atomic E-state index is 11.8. The molecule has 1 heterocycles. The Morgan fingerprint density at radius 1 is 1.29 bits per heavy atom. The summed E-state index contributed by atoms with van der Waals surface area (Å²) in [7, 11) is 0. The molecule has 80 valence electrons. The summed E-state index contributed by atoms with van der Waals surface area (Å²) >= 11 is 0. The zero-order valence-electron chi connectivity index (χ0n) is 9.17. The van der Waals surface area contributed by atoms with Gasteiger partial charge in [0.05, 0.1) is 0 Å². The largest absolute Gasteiger partial charge is 0.342 e. The summed E-state index contributed by atoms with van der Waals surface area (Å²) in [5.41, 5.74) is 0. The van der Waals surface area contributed by atoms with Crippen molar-refractivity contribution < 1.29 is 4.79 Å². The quantitative estimate of drug-likeness (QED) is 0.677. The molecule has 2 atom stereocenters. The Kier molecular flexibility index (Phi) is 3.09. The fourth-order valence-corrected chi connectivity index (χ4v) is 2.90. The molecule has 2 heteroatoms. The number of hydrogen-bond acceptors (Lipinski definition) is 1. The first-order chi connectivity index (χ1) is 6.79. The highest BCUT2D eigenvalue weighted by Gasteiger charge is 2.34. The third kappa shape index (κ3) is 2.10. The van der Waals surface area contributed by atoms with Crippen LogP contribution in [0.3, 0.4) is 0 Å². The summed E-state index contributed by atoms with van der Waals surface area (Å²) in [6, 6.07) is 0. The van der Waals surface area contributed by atoms with E-state index in [1.165, 1.54) is 19.3 Å². The van der Waals surface area contributed by atoms with Crippen LogP contribution in [0.2, 0.25) is 0 Å². The van der Waals surface area contributed by atoms with Crippen LogP contribution in [0.4, 0.5) is 0 Å². The second-order valence-electron chi connectivity index (χ2n) is 4.95. The van der Waals surface area contributed by atoms with Crippen molar-refractivity contribution in [2.75, 3.05) is 13.1 Å². The Morgan fingerprint density at radius 2 is 1.93 bits per heavy atom. The third-order valence-electron chi connectivity index (χ3n) is 3.70. The summed E-state index contributed by atoms with van der Waals surface area (Å²) in [4.78, 5) is 13.9. The van der Waals surface area contributed by atoms with E-state index in [0.717, 1.165) is 44.2 Å². The Morgan fingerprint density at radius 3 is 2.50 bits per heavy atom. The molecule has 14 heavy (non-hydrogen) atoms. The number of amides is 1. The van der Waals surface area contributed by atoms with Gasteiger partial charge in [0.1, 0.15) is 0 Å². The van der Waals surface area contributed by atoms with Gasteiger partial charge in [0.25, 0.3) is 0 Å². The molecule has 1 saturated carbocycles. The second-order valence-corrected chi connectivity index (χ2v) is 4.95. The van der Waals surface area contributed by atoms with Crippen molar-refractivity contribution in [3.63, 3.8) is 0 Å². The molecule has 2 aliphatic rings. The van der Waals surface area contributed by atoms with E-state index < -0.39 is 0 Å². The number of rotatable bonds is 3. The summed E-state index contributed by atoms with van der Waals surface area (Å²) < 4.78 is 0. The van der Waals surface area contributed by atoms with Crippen molar-refractivity contribution in [2.45, 2.75) is 45.4 Å². The first-order valence-corrected chi connectivity index (χ1v) is 6.07. The number of nitrogens with zero attached hydrogens (tertiary/aromatic N) is 1. The summed E-state index contributed by atoms with van der Waals surface area (Å²) in [5.74, 6) is 2.07. The molecule has 2 nitrogen and oxygen atoms in total. The molecule has 1 amide bonds. The minimum absolute atomic E-state index is 0.406. The Bertz CT molecular complexity index is 202. The van der Waals surface area contributed by atoms with Crippen molar-refractivity contribution in [3.05, 3.63) is 0 Å². The fraction of sp³-hybridized carbons (Fsp3) is 0.917. The van der Waals surface area contributed by atoms with E-state index in [2.05, 4.69) is 11.8 Å². The first kappa shape index (κ1) is 10.0. The van der Waals surface area contributed by atoms with Gasteiger partial charge in [-0.2, -0.15) is 0 Å². The van der Waals surface area contributed by atoms with Crippen molar-refractivity contribution in [1.82, 2.24) is 4.90 Å². The summed E-state index contributed by atoms with van der Waals surface area (Å²) in [5, 5.41) is 0. The smallest absolute Gasteiger partial charge is 0.222 e. The zero-order chi connectivity index (χ0) is 9.97. The Balaban J connectivity index is 1.83. The van der Waals surface area contributed by atoms with Crippen LogP contribution < -0.4 is 0 Å². The van der Waals surface area contributed by atoms with E-state index >= 15 is 0 Å². The third-order valence-corrected chi connectivity index (χ3v) is 3.70. The summed E-state index contributed by atoms with van der Waals surface area (Å²) in [6.45, 7) is 4.26. The molecule has 0 N–H and O–H groups in total. The number of piperidine rings is 1. The van der Waals surface area contributed by atoms with Crippen LogP contribution in [0.1, 0.15) is 45.4 Å². The predicted molar refractivity (Wildman–Crippen MR) is 56.9 cm³/mol. The molecular formula is C12H21NO. The highest BCUT2D eigenvalue weighted by Crippen LogP contribution is 2.36. The maximum Gasteiger partial charge on any atom is 0.222 e. The minimum Gasteiger partial charge on any atom is -0.342 e. The molecule has 0 aromatic carbocycles. The van der Waals surface area contributed by atoms with Crippen molar-refractivity contribution in [1.29, 1.82) is 0 Å². The number of hydrogen-bond donors (Lipinski definition) is 0. The number of carbonyl (C=O) groups excluding carboxylic acids is 1. The lowest BCUT2D eigenvalue weighted by atomic mass is 9.98. The van der Waals surface area contributed by atoms with Crippen LogP contribution in [0.25, 0.3) is 0 Å². The van der Waals surface area contributed by atoms with Crippen molar-refractivity contribution >= 4 is 5.91 Å². The highest BCUT2D eigenvalue weighted by molar-refractivity contribution is 5.76. The molecule has 0 aromatic heterocycles. The molecule has 2 rings (SSSR count). The number of unbranched alkanes of at least 4 members (excludes halogenated alkanes) is 1. The average Bonchev–Trinajstić information content (AvgIpc) is 2.54. The van der Waals surface area contributed by atoms with Gasteiger partial charge in [-0.05, 0) is 37.5 Å². The standard InChI is InChI=1S/C12H21NO/c1-2-3-4-12(14)13-8-10-5-6-11(7-10)9-13/h10-11H,2-9H2,1H3/t10-,11+. The van der Waals surface area contributed by atoms with Crippen molar-refractivity contribution in [3.8, 4) is 0 Å². The van der Waals surface area contributed by atoms with E-state index in [-0.39, 0.29) is 0 Å². The maximum absolute atomic E-state index is 11.8. The van der Waals surface area contributed by atoms with Crippen molar-refractivity contribution in [2.24, 2.45) is 11.8 Å². The van der Waals surface area contributed by atoms with E-state index in [9.17, 15) is 4.79 Å². The van der Waals surface area contributed by atoms with Gasteiger partial charge in [-0.25, -0.2) is 0 Å². The monoisotopic (exact) mass is 195 g/mol. The van der Waals surface area contributed by atoms with Gasteiger partial charge in [-0.3, -0.25) is 4.79 Å². The number of carbonyl (C=O) groups is 1. The lowest BCUT2D eigenvalue weighted by Crippen LogP contribution is -2.40. The molecule has 0 unspecified atom stereocenters. The lowest BCUT2D eigenvalue weighted by Gasteiger charge is -2.31. The Labute approximate surface area is 86.7 Å². The molecule has 1 saturated heterocycles. The molecule has 0 radical (unpaired) electrons. The predicted octanol–water partition coefficient (Wildman–Crippen LogP) is 2.44. The molecule has 0 spiro atoms. The molecule has 0 aromatic rings. The average molecular weight is 195 g/mol. The van der Waals surface area contributed by atoms with Crippen LogP contribution in [-0.4, -0.2) is 23.9 Å². The van der Waals surface area contributed by atoms with Gasteiger partial charge in [-0.1, -0.05) is 13.3 Å². The van der Waals surface area contributed by atoms with Crippen LogP contribution in [0, 0.1) is 11.8 Å². The topological polar surface area (TPSA) is 20.3 Å². The van der Waals surface area contributed by atoms with Gasteiger partial charge in [0.15, 0.2) is 0 Å².